The highest BCUT2D eigenvalue weighted by Crippen LogP contribution is 2.12. The fourth-order valence-corrected chi connectivity index (χ4v) is 1.90. The number of aryl methyl sites for hydroxylation is 2. The molecule has 0 saturated carbocycles. The molecule has 0 saturated heterocycles. The number of aromatic nitrogens is 3. The molecule has 0 amide bonds. The van der Waals surface area contributed by atoms with Crippen LogP contribution < -0.4 is 5.32 Å². The van der Waals surface area contributed by atoms with Crippen LogP contribution >= 0.6 is 11.3 Å². The van der Waals surface area contributed by atoms with Crippen molar-refractivity contribution in [3.63, 3.8) is 0 Å². The van der Waals surface area contributed by atoms with Crippen LogP contribution in [0, 0.1) is 13.8 Å². The van der Waals surface area contributed by atoms with E-state index in [0.717, 1.165) is 23.2 Å². The molecule has 4 nitrogen and oxygen atoms in total. The van der Waals surface area contributed by atoms with Crippen molar-refractivity contribution in [2.45, 2.75) is 20.4 Å². The number of anilines is 1. The fraction of sp³-hybridized carbons (Fsp3) is 0.333. The molecule has 0 aliphatic rings. The summed E-state index contributed by atoms with van der Waals surface area (Å²) in [6.45, 7) is 4.76. The van der Waals surface area contributed by atoms with E-state index in [-0.39, 0.29) is 0 Å². The molecule has 0 bridgehead atoms. The molecule has 14 heavy (non-hydrogen) atoms. The average molecular weight is 208 g/mol. The van der Waals surface area contributed by atoms with Crippen LogP contribution in [0.5, 0.6) is 0 Å². The lowest BCUT2D eigenvalue weighted by Crippen LogP contribution is -1.98. The van der Waals surface area contributed by atoms with E-state index >= 15 is 0 Å². The third-order valence-electron chi connectivity index (χ3n) is 1.80. The van der Waals surface area contributed by atoms with Crippen LogP contribution in [0.3, 0.4) is 0 Å². The monoisotopic (exact) mass is 208 g/mol. The van der Waals surface area contributed by atoms with Gasteiger partial charge < -0.3 is 10.3 Å². The van der Waals surface area contributed by atoms with E-state index in [0.29, 0.717) is 0 Å². The zero-order valence-corrected chi connectivity index (χ0v) is 8.98. The Bertz CT molecular complexity index is 378. The Kier molecular flexibility index (Phi) is 2.49. The van der Waals surface area contributed by atoms with Crippen molar-refractivity contribution < 1.29 is 0 Å². The molecule has 2 aromatic rings. The average Bonchev–Trinajstić information content (AvgIpc) is 2.72. The Labute approximate surface area is 86.4 Å². The van der Waals surface area contributed by atoms with Crippen molar-refractivity contribution in [2.24, 2.45) is 0 Å². The lowest BCUT2D eigenvalue weighted by molar-refractivity contribution is 1.10. The maximum Gasteiger partial charge on any atom is 0.200 e. The van der Waals surface area contributed by atoms with Crippen LogP contribution in [-0.4, -0.2) is 15.0 Å². The van der Waals surface area contributed by atoms with Gasteiger partial charge in [-0.2, -0.15) is 0 Å². The number of imidazole rings is 1. The van der Waals surface area contributed by atoms with Gasteiger partial charge >= 0.3 is 0 Å². The van der Waals surface area contributed by atoms with Crippen LogP contribution in [0.1, 0.15) is 15.6 Å². The second kappa shape index (κ2) is 3.79. The van der Waals surface area contributed by atoms with Gasteiger partial charge in [-0.1, -0.05) is 0 Å². The van der Waals surface area contributed by atoms with Crippen LogP contribution in [0.2, 0.25) is 0 Å². The quantitative estimate of drug-likeness (QED) is 0.812. The second-order valence-electron chi connectivity index (χ2n) is 3.11. The maximum atomic E-state index is 4.18. The number of aromatic amines is 1. The third-order valence-corrected chi connectivity index (χ3v) is 2.71. The first-order valence-electron chi connectivity index (χ1n) is 4.41. The summed E-state index contributed by atoms with van der Waals surface area (Å²) in [4.78, 5) is 12.7. The van der Waals surface area contributed by atoms with E-state index in [4.69, 9.17) is 0 Å². The standard InChI is InChI=1S/C9H12N4S/c1-6-3-11-9(13-6)12-5-8-4-10-7(2)14-8/h3-4H,5H2,1-2H3,(H2,11,12,13). The predicted octanol–water partition coefficient (Wildman–Crippen LogP) is 2.10. The van der Waals surface area contributed by atoms with Crippen LogP contribution in [0.15, 0.2) is 12.4 Å². The topological polar surface area (TPSA) is 53.6 Å². The minimum atomic E-state index is 0.776. The van der Waals surface area contributed by atoms with Gasteiger partial charge in [0.25, 0.3) is 0 Å². The molecule has 2 aromatic heterocycles. The maximum absolute atomic E-state index is 4.18. The highest BCUT2D eigenvalue weighted by Gasteiger charge is 1.99. The fourth-order valence-electron chi connectivity index (χ4n) is 1.16. The molecule has 0 aromatic carbocycles. The first-order chi connectivity index (χ1) is 6.74. The van der Waals surface area contributed by atoms with E-state index in [9.17, 15) is 0 Å². The minimum Gasteiger partial charge on any atom is -0.351 e. The highest BCUT2D eigenvalue weighted by atomic mass is 32.1. The van der Waals surface area contributed by atoms with Crippen molar-refractivity contribution in [3.05, 3.63) is 28.0 Å². The van der Waals surface area contributed by atoms with E-state index < -0.39 is 0 Å². The van der Waals surface area contributed by atoms with Gasteiger partial charge in [0.05, 0.1) is 11.6 Å². The summed E-state index contributed by atoms with van der Waals surface area (Å²) >= 11 is 1.70. The molecule has 0 aliphatic heterocycles. The summed E-state index contributed by atoms with van der Waals surface area (Å²) in [6, 6.07) is 0. The molecule has 0 fully saturated rings. The normalized spacial score (nSPS) is 10.4. The van der Waals surface area contributed by atoms with E-state index in [1.165, 1.54) is 4.88 Å². The number of hydrogen-bond acceptors (Lipinski definition) is 4. The molecule has 2 rings (SSSR count). The van der Waals surface area contributed by atoms with Gasteiger partial charge in [-0.25, -0.2) is 9.97 Å². The largest absolute Gasteiger partial charge is 0.351 e. The molecule has 0 spiro atoms. The van der Waals surface area contributed by atoms with Crippen molar-refractivity contribution in [3.8, 4) is 0 Å². The first kappa shape index (κ1) is 9.21. The van der Waals surface area contributed by atoms with Crippen molar-refractivity contribution in [1.82, 2.24) is 15.0 Å². The minimum absolute atomic E-state index is 0.776. The molecule has 2 N–H and O–H groups in total. The smallest absolute Gasteiger partial charge is 0.200 e. The zero-order chi connectivity index (χ0) is 9.97. The first-order valence-corrected chi connectivity index (χ1v) is 5.22. The summed E-state index contributed by atoms with van der Waals surface area (Å²) < 4.78 is 0. The summed E-state index contributed by atoms with van der Waals surface area (Å²) in [6.07, 6.45) is 3.70. The van der Waals surface area contributed by atoms with Gasteiger partial charge in [0.2, 0.25) is 5.95 Å². The second-order valence-corrected chi connectivity index (χ2v) is 4.43. The molecule has 0 radical (unpaired) electrons. The number of nitrogens with zero attached hydrogens (tertiary/aromatic N) is 2. The highest BCUT2D eigenvalue weighted by molar-refractivity contribution is 7.11. The predicted molar refractivity (Wildman–Crippen MR) is 57.5 cm³/mol. The molecule has 2 heterocycles. The summed E-state index contributed by atoms with van der Waals surface area (Å²) in [5.41, 5.74) is 1.06. The van der Waals surface area contributed by atoms with E-state index in [1.807, 2.05) is 20.0 Å². The van der Waals surface area contributed by atoms with Crippen molar-refractivity contribution >= 4 is 17.3 Å². The summed E-state index contributed by atoms with van der Waals surface area (Å²) in [5, 5.41) is 4.29. The SMILES string of the molecule is Cc1cnc(NCc2cnc(C)s2)[nH]1. The van der Waals surface area contributed by atoms with E-state index in [1.54, 1.807) is 17.5 Å². The molecule has 0 aliphatic carbocycles. The molecule has 0 atom stereocenters. The van der Waals surface area contributed by atoms with Gasteiger partial charge in [0.1, 0.15) is 0 Å². The number of thiazole rings is 1. The molecular weight excluding hydrogens is 196 g/mol. The van der Waals surface area contributed by atoms with Gasteiger partial charge in [-0.15, -0.1) is 11.3 Å². The van der Waals surface area contributed by atoms with Crippen LogP contribution in [0.4, 0.5) is 5.95 Å². The van der Waals surface area contributed by atoms with Crippen molar-refractivity contribution in [1.29, 1.82) is 0 Å². The number of rotatable bonds is 3. The van der Waals surface area contributed by atoms with Crippen LogP contribution in [0.25, 0.3) is 0 Å². The molecular formula is C9H12N4S. The zero-order valence-electron chi connectivity index (χ0n) is 8.16. The molecule has 0 unspecified atom stereocenters. The van der Waals surface area contributed by atoms with Gasteiger partial charge in [-0.3, -0.25) is 0 Å². The summed E-state index contributed by atoms with van der Waals surface area (Å²) in [5.74, 6) is 0.813. The lowest BCUT2D eigenvalue weighted by Gasteiger charge is -1.98. The Morgan fingerprint density at radius 3 is 2.79 bits per heavy atom. The Balaban J connectivity index is 1.94. The van der Waals surface area contributed by atoms with E-state index in [2.05, 4.69) is 20.3 Å². The van der Waals surface area contributed by atoms with Gasteiger partial charge in [0.15, 0.2) is 0 Å². The van der Waals surface area contributed by atoms with Gasteiger partial charge in [-0.05, 0) is 13.8 Å². The Morgan fingerprint density at radius 2 is 2.21 bits per heavy atom. The lowest BCUT2D eigenvalue weighted by atomic mass is 10.5. The number of hydrogen-bond donors (Lipinski definition) is 2. The Hall–Kier alpha value is -1.36. The molecule has 5 heteroatoms. The Morgan fingerprint density at radius 1 is 1.36 bits per heavy atom. The number of nitrogens with one attached hydrogen (secondary N) is 2. The third kappa shape index (κ3) is 2.11. The molecule has 74 valence electrons. The van der Waals surface area contributed by atoms with Crippen LogP contribution in [-0.2, 0) is 6.54 Å². The summed E-state index contributed by atoms with van der Waals surface area (Å²) in [7, 11) is 0. The van der Waals surface area contributed by atoms with Crippen molar-refractivity contribution in [2.75, 3.05) is 5.32 Å². The van der Waals surface area contributed by atoms with Gasteiger partial charge in [0, 0.05) is 23.0 Å². The number of H-pyrrole nitrogens is 1.